The van der Waals surface area contributed by atoms with Crippen molar-refractivity contribution in [1.29, 1.82) is 0 Å². The predicted octanol–water partition coefficient (Wildman–Crippen LogP) is 2.50. The molecule has 8 nitrogen and oxygen atoms in total. The Bertz CT molecular complexity index is 747. The number of likely N-dealkylation sites (tertiary alicyclic amines) is 1. The van der Waals surface area contributed by atoms with Gasteiger partial charge in [-0.2, -0.15) is 4.98 Å². The molecular weight excluding hydrogens is 350 g/mol. The smallest absolute Gasteiger partial charge is 0.241 e. The van der Waals surface area contributed by atoms with E-state index in [1.54, 1.807) is 27.4 Å². The van der Waals surface area contributed by atoms with Gasteiger partial charge in [-0.3, -0.25) is 4.90 Å². The lowest BCUT2D eigenvalue weighted by Crippen LogP contribution is -2.39. The zero-order valence-electron chi connectivity index (χ0n) is 16.1. The first-order valence-corrected chi connectivity index (χ1v) is 9.18. The first-order chi connectivity index (χ1) is 13.2. The van der Waals surface area contributed by atoms with Crippen LogP contribution >= 0.6 is 0 Å². The maximum absolute atomic E-state index is 9.29. The molecule has 27 heavy (non-hydrogen) atoms. The van der Waals surface area contributed by atoms with E-state index in [0.717, 1.165) is 25.8 Å². The molecule has 1 saturated heterocycles. The van der Waals surface area contributed by atoms with Crippen LogP contribution in [0.1, 0.15) is 31.6 Å². The molecule has 0 bridgehead atoms. The van der Waals surface area contributed by atoms with Crippen LogP contribution in [0.25, 0.3) is 11.4 Å². The SMILES string of the molecule is COc1ccc(-c2noc(CN3CCCCC3CCO)n2)c(OC)c1OC. The first kappa shape index (κ1) is 19.4. The Morgan fingerprint density at radius 3 is 2.67 bits per heavy atom. The second kappa shape index (κ2) is 9.05. The number of piperidine rings is 1. The molecule has 1 atom stereocenters. The molecule has 1 aliphatic heterocycles. The van der Waals surface area contributed by atoms with Gasteiger partial charge in [-0.1, -0.05) is 11.6 Å². The average Bonchev–Trinajstić information content (AvgIpc) is 3.16. The van der Waals surface area contributed by atoms with Gasteiger partial charge in [-0.05, 0) is 37.9 Å². The van der Waals surface area contributed by atoms with E-state index >= 15 is 0 Å². The summed E-state index contributed by atoms with van der Waals surface area (Å²) in [6.07, 6.45) is 4.20. The summed E-state index contributed by atoms with van der Waals surface area (Å²) in [5.41, 5.74) is 0.677. The van der Waals surface area contributed by atoms with E-state index in [1.807, 2.05) is 6.07 Å². The van der Waals surface area contributed by atoms with Gasteiger partial charge in [0.15, 0.2) is 11.5 Å². The summed E-state index contributed by atoms with van der Waals surface area (Å²) in [7, 11) is 4.70. The van der Waals surface area contributed by atoms with Crippen LogP contribution in [0.2, 0.25) is 0 Å². The van der Waals surface area contributed by atoms with Gasteiger partial charge in [0.05, 0.1) is 33.4 Å². The molecule has 2 heterocycles. The van der Waals surface area contributed by atoms with E-state index in [0.29, 0.717) is 47.1 Å². The molecular formula is C19H27N3O5. The van der Waals surface area contributed by atoms with Crippen LogP contribution in [0, 0.1) is 0 Å². The average molecular weight is 377 g/mol. The van der Waals surface area contributed by atoms with Crippen molar-refractivity contribution in [3.8, 4) is 28.6 Å². The van der Waals surface area contributed by atoms with Crippen LogP contribution in [0.3, 0.4) is 0 Å². The van der Waals surface area contributed by atoms with Crippen LogP contribution in [0.5, 0.6) is 17.2 Å². The number of aliphatic hydroxyl groups excluding tert-OH is 1. The van der Waals surface area contributed by atoms with Crippen LogP contribution in [0.4, 0.5) is 0 Å². The lowest BCUT2D eigenvalue weighted by atomic mass is 10.00. The second-order valence-electron chi connectivity index (χ2n) is 6.53. The number of ether oxygens (including phenoxy) is 3. The molecule has 2 aromatic rings. The molecule has 1 fully saturated rings. The van der Waals surface area contributed by atoms with Gasteiger partial charge in [0.1, 0.15) is 0 Å². The van der Waals surface area contributed by atoms with E-state index in [2.05, 4.69) is 15.0 Å². The standard InChI is InChI=1S/C19H27N3O5/c1-24-15-8-7-14(17(25-2)18(15)26-3)19-20-16(27-21-19)12-22-10-5-4-6-13(22)9-11-23/h7-8,13,23H,4-6,9-12H2,1-3H3. The molecule has 148 valence electrons. The van der Waals surface area contributed by atoms with Crippen molar-refractivity contribution in [3.63, 3.8) is 0 Å². The minimum Gasteiger partial charge on any atom is -0.493 e. The Labute approximate surface area is 159 Å². The highest BCUT2D eigenvalue weighted by molar-refractivity contribution is 5.71. The van der Waals surface area contributed by atoms with Crippen LogP contribution in [-0.4, -0.2) is 60.7 Å². The normalized spacial score (nSPS) is 17.7. The quantitative estimate of drug-likeness (QED) is 0.750. The fraction of sp³-hybridized carbons (Fsp3) is 0.579. The number of hydrogen-bond donors (Lipinski definition) is 1. The number of aromatic nitrogens is 2. The van der Waals surface area contributed by atoms with Gasteiger partial charge in [0.2, 0.25) is 17.5 Å². The Morgan fingerprint density at radius 2 is 1.96 bits per heavy atom. The van der Waals surface area contributed by atoms with Crippen LogP contribution in [0.15, 0.2) is 16.7 Å². The van der Waals surface area contributed by atoms with Gasteiger partial charge >= 0.3 is 0 Å². The van der Waals surface area contributed by atoms with Crippen molar-refractivity contribution in [1.82, 2.24) is 15.0 Å². The summed E-state index contributed by atoms with van der Waals surface area (Å²) in [5, 5.41) is 13.4. The number of nitrogens with zero attached hydrogens (tertiary/aromatic N) is 3. The van der Waals surface area contributed by atoms with Crippen molar-refractivity contribution in [2.75, 3.05) is 34.5 Å². The molecule has 1 aliphatic rings. The fourth-order valence-electron chi connectivity index (χ4n) is 3.62. The fourth-order valence-corrected chi connectivity index (χ4v) is 3.62. The van der Waals surface area contributed by atoms with E-state index < -0.39 is 0 Å². The molecule has 3 rings (SSSR count). The summed E-state index contributed by atoms with van der Waals surface area (Å²) in [4.78, 5) is 6.86. The third-order valence-electron chi connectivity index (χ3n) is 4.96. The van der Waals surface area contributed by atoms with Crippen LogP contribution < -0.4 is 14.2 Å². The lowest BCUT2D eigenvalue weighted by Gasteiger charge is -2.34. The van der Waals surface area contributed by atoms with E-state index in [-0.39, 0.29) is 6.61 Å². The van der Waals surface area contributed by atoms with Crippen molar-refractivity contribution in [3.05, 3.63) is 18.0 Å². The molecule has 0 saturated carbocycles. The molecule has 0 radical (unpaired) electrons. The first-order valence-electron chi connectivity index (χ1n) is 9.18. The molecule has 1 aromatic heterocycles. The van der Waals surface area contributed by atoms with Crippen LogP contribution in [-0.2, 0) is 6.54 Å². The number of methoxy groups -OCH3 is 3. The highest BCUT2D eigenvalue weighted by atomic mass is 16.5. The Kier molecular flexibility index (Phi) is 6.52. The van der Waals surface area contributed by atoms with Gasteiger partial charge in [-0.25, -0.2) is 0 Å². The van der Waals surface area contributed by atoms with Crippen molar-refractivity contribution < 1.29 is 23.8 Å². The zero-order valence-corrected chi connectivity index (χ0v) is 16.1. The van der Waals surface area contributed by atoms with Crippen molar-refractivity contribution >= 4 is 0 Å². The van der Waals surface area contributed by atoms with Crippen molar-refractivity contribution in [2.24, 2.45) is 0 Å². The Hall–Kier alpha value is -2.32. The van der Waals surface area contributed by atoms with Crippen molar-refractivity contribution in [2.45, 2.75) is 38.3 Å². The van der Waals surface area contributed by atoms with Gasteiger partial charge < -0.3 is 23.8 Å². The van der Waals surface area contributed by atoms with Gasteiger partial charge in [-0.15, -0.1) is 0 Å². The molecule has 8 heteroatoms. The molecule has 0 aliphatic carbocycles. The Morgan fingerprint density at radius 1 is 1.15 bits per heavy atom. The number of aliphatic hydroxyl groups is 1. The van der Waals surface area contributed by atoms with E-state index in [4.69, 9.17) is 18.7 Å². The summed E-state index contributed by atoms with van der Waals surface area (Å²) in [5.74, 6) is 2.55. The number of rotatable bonds is 8. The summed E-state index contributed by atoms with van der Waals surface area (Å²) in [6, 6.07) is 3.97. The summed E-state index contributed by atoms with van der Waals surface area (Å²) < 4.78 is 21.7. The largest absolute Gasteiger partial charge is 0.493 e. The number of hydrogen-bond acceptors (Lipinski definition) is 8. The summed E-state index contributed by atoms with van der Waals surface area (Å²) in [6.45, 7) is 1.74. The molecule has 1 N–H and O–H groups in total. The minimum atomic E-state index is 0.194. The highest BCUT2D eigenvalue weighted by Crippen LogP contribution is 2.43. The lowest BCUT2D eigenvalue weighted by molar-refractivity contribution is 0.100. The van der Waals surface area contributed by atoms with E-state index in [9.17, 15) is 5.11 Å². The third kappa shape index (κ3) is 4.17. The number of benzene rings is 1. The molecule has 0 amide bonds. The summed E-state index contributed by atoms with van der Waals surface area (Å²) >= 11 is 0. The monoisotopic (exact) mass is 377 g/mol. The Balaban J connectivity index is 1.83. The van der Waals surface area contributed by atoms with Gasteiger partial charge in [0.25, 0.3) is 0 Å². The maximum Gasteiger partial charge on any atom is 0.241 e. The van der Waals surface area contributed by atoms with E-state index in [1.165, 1.54) is 6.42 Å². The second-order valence-corrected chi connectivity index (χ2v) is 6.53. The predicted molar refractivity (Wildman–Crippen MR) is 99.1 cm³/mol. The molecule has 0 spiro atoms. The third-order valence-corrected chi connectivity index (χ3v) is 4.96. The zero-order chi connectivity index (χ0) is 19.2. The van der Waals surface area contributed by atoms with Gasteiger partial charge in [0, 0.05) is 12.6 Å². The molecule has 1 aromatic carbocycles. The molecule has 1 unspecified atom stereocenters. The maximum atomic E-state index is 9.29. The highest BCUT2D eigenvalue weighted by Gasteiger charge is 2.25. The topological polar surface area (TPSA) is 90.1 Å². The minimum absolute atomic E-state index is 0.194.